The van der Waals surface area contributed by atoms with Gasteiger partial charge in [-0.3, -0.25) is 4.79 Å². The largest absolute Gasteiger partial charge is 0.396 e. The van der Waals surface area contributed by atoms with E-state index in [0.717, 1.165) is 41.8 Å². The van der Waals surface area contributed by atoms with E-state index in [4.69, 9.17) is 17.3 Å². The number of aliphatic hydroxyl groups excluding tert-OH is 1. The molecule has 130 valence electrons. The molecule has 0 atom stereocenters. The first-order chi connectivity index (χ1) is 11.5. The number of benzene rings is 1. The predicted molar refractivity (Wildman–Crippen MR) is 98.4 cm³/mol. The summed E-state index contributed by atoms with van der Waals surface area (Å²) in [6, 6.07) is 7.54. The van der Waals surface area contributed by atoms with Gasteiger partial charge in [0.25, 0.3) is 5.91 Å². The number of rotatable bonds is 8. The van der Waals surface area contributed by atoms with Gasteiger partial charge in [0.2, 0.25) is 0 Å². The molecule has 0 aliphatic heterocycles. The standard InChI is InChI=1S/C19H25ClN2O2/c1-3-4-10-16-18(14-8-5-6-9-15(14)20)17(19(21)24)13(2)22(16)11-7-12-23/h5-6,8-9,23H,3-4,7,10-12H2,1-2H3,(H2,21,24). The fourth-order valence-corrected chi connectivity index (χ4v) is 3.42. The number of carbonyl (C=O) groups is 1. The Labute approximate surface area is 148 Å². The van der Waals surface area contributed by atoms with Crippen LogP contribution in [0.2, 0.25) is 5.02 Å². The van der Waals surface area contributed by atoms with Crippen molar-refractivity contribution in [3.8, 4) is 11.1 Å². The van der Waals surface area contributed by atoms with Gasteiger partial charge in [-0.25, -0.2) is 0 Å². The van der Waals surface area contributed by atoms with Crippen molar-refractivity contribution in [2.24, 2.45) is 5.73 Å². The molecule has 0 fully saturated rings. The van der Waals surface area contributed by atoms with E-state index in [0.29, 0.717) is 23.6 Å². The van der Waals surface area contributed by atoms with Crippen molar-refractivity contribution in [1.82, 2.24) is 4.57 Å². The van der Waals surface area contributed by atoms with Gasteiger partial charge in [-0.2, -0.15) is 0 Å². The van der Waals surface area contributed by atoms with Crippen LogP contribution in [0.5, 0.6) is 0 Å². The maximum Gasteiger partial charge on any atom is 0.251 e. The van der Waals surface area contributed by atoms with Gasteiger partial charge in [-0.05, 0) is 32.3 Å². The first-order valence-electron chi connectivity index (χ1n) is 8.40. The van der Waals surface area contributed by atoms with Gasteiger partial charge in [0.15, 0.2) is 0 Å². The van der Waals surface area contributed by atoms with E-state index in [1.54, 1.807) is 0 Å². The van der Waals surface area contributed by atoms with E-state index in [1.165, 1.54) is 0 Å². The maximum atomic E-state index is 12.2. The molecule has 1 amide bonds. The minimum absolute atomic E-state index is 0.109. The smallest absolute Gasteiger partial charge is 0.251 e. The molecule has 1 aromatic carbocycles. The van der Waals surface area contributed by atoms with Crippen LogP contribution < -0.4 is 5.73 Å². The van der Waals surface area contributed by atoms with E-state index in [2.05, 4.69) is 11.5 Å². The van der Waals surface area contributed by atoms with Crippen LogP contribution >= 0.6 is 11.6 Å². The van der Waals surface area contributed by atoms with Crippen LogP contribution in [0.25, 0.3) is 11.1 Å². The number of halogens is 1. The van der Waals surface area contributed by atoms with E-state index in [-0.39, 0.29) is 6.61 Å². The third kappa shape index (κ3) is 3.65. The van der Waals surface area contributed by atoms with E-state index < -0.39 is 5.91 Å². The van der Waals surface area contributed by atoms with Crippen molar-refractivity contribution in [3.05, 3.63) is 46.2 Å². The summed E-state index contributed by atoms with van der Waals surface area (Å²) in [7, 11) is 0. The Kier molecular flexibility index (Phi) is 6.46. The molecule has 1 heterocycles. The van der Waals surface area contributed by atoms with Gasteiger partial charge in [0.1, 0.15) is 0 Å². The summed E-state index contributed by atoms with van der Waals surface area (Å²) in [5.74, 6) is -0.442. The lowest BCUT2D eigenvalue weighted by Crippen LogP contribution is -2.13. The molecule has 0 saturated carbocycles. The highest BCUT2D eigenvalue weighted by Crippen LogP contribution is 2.37. The number of aromatic nitrogens is 1. The number of unbranched alkanes of at least 4 members (excludes halogenated alkanes) is 1. The number of hydrogen-bond donors (Lipinski definition) is 2. The fourth-order valence-electron chi connectivity index (χ4n) is 3.19. The van der Waals surface area contributed by atoms with Crippen LogP contribution in [0.3, 0.4) is 0 Å². The monoisotopic (exact) mass is 348 g/mol. The van der Waals surface area contributed by atoms with Crippen molar-refractivity contribution in [3.63, 3.8) is 0 Å². The molecule has 0 spiro atoms. The third-order valence-corrected chi connectivity index (χ3v) is 4.66. The second-order valence-electron chi connectivity index (χ2n) is 5.96. The zero-order chi connectivity index (χ0) is 17.7. The normalized spacial score (nSPS) is 11.0. The Morgan fingerprint density at radius 1 is 1.29 bits per heavy atom. The van der Waals surface area contributed by atoms with Crippen LogP contribution in [0.1, 0.15) is 47.9 Å². The molecule has 0 bridgehead atoms. The molecule has 2 rings (SSSR count). The quantitative estimate of drug-likeness (QED) is 0.758. The third-order valence-electron chi connectivity index (χ3n) is 4.33. The van der Waals surface area contributed by atoms with E-state index in [9.17, 15) is 9.90 Å². The van der Waals surface area contributed by atoms with Crippen LogP contribution in [0.15, 0.2) is 24.3 Å². The molecule has 4 nitrogen and oxygen atoms in total. The SMILES string of the molecule is CCCCc1c(-c2ccccc2Cl)c(C(N)=O)c(C)n1CCCO. The molecule has 0 radical (unpaired) electrons. The summed E-state index contributed by atoms with van der Waals surface area (Å²) in [5.41, 5.74) is 9.83. The van der Waals surface area contributed by atoms with E-state index in [1.807, 2.05) is 31.2 Å². The molecular formula is C19H25ClN2O2. The number of nitrogens with zero attached hydrogens (tertiary/aromatic N) is 1. The Morgan fingerprint density at radius 2 is 2.00 bits per heavy atom. The molecular weight excluding hydrogens is 324 g/mol. The highest BCUT2D eigenvalue weighted by atomic mass is 35.5. The number of primary amides is 1. The highest BCUT2D eigenvalue weighted by Gasteiger charge is 2.25. The maximum absolute atomic E-state index is 12.2. The molecule has 0 aliphatic carbocycles. The first kappa shape index (κ1) is 18.6. The van der Waals surface area contributed by atoms with Gasteiger partial charge in [0, 0.05) is 40.7 Å². The summed E-state index contributed by atoms with van der Waals surface area (Å²) in [4.78, 5) is 12.2. The minimum Gasteiger partial charge on any atom is -0.396 e. The number of nitrogens with two attached hydrogens (primary N) is 1. The van der Waals surface area contributed by atoms with Gasteiger partial charge in [0.05, 0.1) is 5.56 Å². The van der Waals surface area contributed by atoms with Crippen LogP contribution in [-0.4, -0.2) is 22.2 Å². The Hall–Kier alpha value is -1.78. The Bertz CT molecular complexity index is 722. The molecule has 2 aromatic rings. The van der Waals surface area contributed by atoms with Crippen molar-refractivity contribution < 1.29 is 9.90 Å². The van der Waals surface area contributed by atoms with Gasteiger partial charge in [-0.1, -0.05) is 43.1 Å². The summed E-state index contributed by atoms with van der Waals surface area (Å²) in [6.45, 7) is 4.82. The molecule has 0 unspecified atom stereocenters. The number of aliphatic hydroxyl groups is 1. The second-order valence-corrected chi connectivity index (χ2v) is 6.37. The van der Waals surface area contributed by atoms with Crippen molar-refractivity contribution in [2.45, 2.75) is 46.1 Å². The van der Waals surface area contributed by atoms with Crippen molar-refractivity contribution in [2.75, 3.05) is 6.61 Å². The summed E-state index contributed by atoms with van der Waals surface area (Å²) < 4.78 is 2.12. The zero-order valence-electron chi connectivity index (χ0n) is 14.3. The summed E-state index contributed by atoms with van der Waals surface area (Å²) in [6.07, 6.45) is 3.54. The topological polar surface area (TPSA) is 68.2 Å². The fraction of sp³-hybridized carbons (Fsp3) is 0.421. The molecule has 0 saturated heterocycles. The van der Waals surface area contributed by atoms with E-state index >= 15 is 0 Å². The summed E-state index contributed by atoms with van der Waals surface area (Å²) in [5, 5.41) is 9.81. The molecule has 5 heteroatoms. The van der Waals surface area contributed by atoms with Crippen LogP contribution in [-0.2, 0) is 13.0 Å². The molecule has 0 aliphatic rings. The lowest BCUT2D eigenvalue weighted by atomic mass is 9.97. The van der Waals surface area contributed by atoms with Crippen molar-refractivity contribution in [1.29, 1.82) is 0 Å². The lowest BCUT2D eigenvalue weighted by molar-refractivity contribution is 0.1000. The molecule has 3 N–H and O–H groups in total. The average molecular weight is 349 g/mol. The Balaban J connectivity index is 2.73. The molecule has 24 heavy (non-hydrogen) atoms. The van der Waals surface area contributed by atoms with Crippen LogP contribution in [0, 0.1) is 6.92 Å². The number of amides is 1. The van der Waals surface area contributed by atoms with Crippen LogP contribution in [0.4, 0.5) is 0 Å². The molecule has 1 aromatic heterocycles. The number of carbonyl (C=O) groups excluding carboxylic acids is 1. The summed E-state index contributed by atoms with van der Waals surface area (Å²) >= 11 is 6.41. The van der Waals surface area contributed by atoms with Gasteiger partial charge in [-0.15, -0.1) is 0 Å². The lowest BCUT2D eigenvalue weighted by Gasteiger charge is -2.13. The van der Waals surface area contributed by atoms with Gasteiger partial charge < -0.3 is 15.4 Å². The second kappa shape index (κ2) is 8.36. The first-order valence-corrected chi connectivity index (χ1v) is 8.78. The predicted octanol–water partition coefficient (Wildman–Crippen LogP) is 3.94. The number of hydrogen-bond acceptors (Lipinski definition) is 2. The van der Waals surface area contributed by atoms with Gasteiger partial charge >= 0.3 is 0 Å². The zero-order valence-corrected chi connectivity index (χ0v) is 15.1. The highest BCUT2D eigenvalue weighted by molar-refractivity contribution is 6.33. The Morgan fingerprint density at radius 3 is 2.58 bits per heavy atom. The minimum atomic E-state index is -0.442. The average Bonchev–Trinajstić information content (AvgIpc) is 2.83. The van der Waals surface area contributed by atoms with Crippen molar-refractivity contribution >= 4 is 17.5 Å².